The highest BCUT2D eigenvalue weighted by atomic mass is 35.5. The number of carbonyl (C=O) groups excluding carboxylic acids is 3. The van der Waals surface area contributed by atoms with Crippen molar-refractivity contribution in [2.45, 2.75) is 17.1 Å². The number of nitrogens with one attached hydrogen (secondary N) is 3. The first-order valence-electron chi connectivity index (χ1n) is 14.1. The van der Waals surface area contributed by atoms with Crippen molar-refractivity contribution in [3.05, 3.63) is 130 Å². The van der Waals surface area contributed by atoms with E-state index in [-0.39, 0.29) is 11.6 Å². The third-order valence-electron chi connectivity index (χ3n) is 6.65. The molecule has 0 bridgehead atoms. The van der Waals surface area contributed by atoms with Crippen LogP contribution in [0.25, 0.3) is 17.3 Å². The van der Waals surface area contributed by atoms with Gasteiger partial charge in [-0.25, -0.2) is 4.98 Å². The topological polar surface area (TPSA) is 109 Å². The van der Waals surface area contributed by atoms with Gasteiger partial charge in [-0.05, 0) is 61.5 Å². The number of rotatable bonds is 11. The number of hydrogen-bond acceptors (Lipinski definition) is 7. The van der Waals surface area contributed by atoms with Crippen LogP contribution in [0.1, 0.15) is 22.8 Å². The van der Waals surface area contributed by atoms with E-state index in [0.29, 0.717) is 38.4 Å². The van der Waals surface area contributed by atoms with Gasteiger partial charge in [0.2, 0.25) is 5.91 Å². The van der Waals surface area contributed by atoms with Gasteiger partial charge in [0.25, 0.3) is 11.8 Å². The second kappa shape index (κ2) is 15.4. The van der Waals surface area contributed by atoms with Crippen molar-refractivity contribution in [1.29, 1.82) is 0 Å². The van der Waals surface area contributed by atoms with Crippen molar-refractivity contribution in [2.24, 2.45) is 0 Å². The van der Waals surface area contributed by atoms with Gasteiger partial charge in [-0.2, -0.15) is 0 Å². The summed E-state index contributed by atoms with van der Waals surface area (Å²) in [6.07, 6.45) is 1.57. The van der Waals surface area contributed by atoms with E-state index in [1.807, 2.05) is 60.8 Å². The van der Waals surface area contributed by atoms with E-state index < -0.39 is 17.1 Å². The Morgan fingerprint density at radius 3 is 2.33 bits per heavy atom. The molecule has 0 aliphatic heterocycles. The minimum atomic E-state index is -0.511. The maximum absolute atomic E-state index is 13.4. The third-order valence-corrected chi connectivity index (χ3v) is 8.85. The fraction of sp³-hybridized carbons (Fsp3) is 0.0857. The van der Waals surface area contributed by atoms with E-state index in [9.17, 15) is 14.4 Å². The van der Waals surface area contributed by atoms with E-state index >= 15 is 0 Å². The quantitative estimate of drug-likeness (QED) is 0.0972. The maximum Gasteiger partial charge on any atom is 0.272 e. The Balaban J connectivity index is 1.23. The van der Waals surface area contributed by atoms with Gasteiger partial charge >= 0.3 is 0 Å². The predicted molar refractivity (Wildman–Crippen MR) is 186 cm³/mol. The number of halogens is 1. The number of nitrogens with zero attached hydrogens (tertiary/aromatic N) is 1. The van der Waals surface area contributed by atoms with Crippen molar-refractivity contribution in [3.8, 4) is 17.0 Å². The van der Waals surface area contributed by atoms with Crippen LogP contribution in [0, 0.1) is 0 Å². The van der Waals surface area contributed by atoms with Gasteiger partial charge in [-0.1, -0.05) is 66.2 Å². The van der Waals surface area contributed by atoms with Crippen LogP contribution in [-0.2, 0) is 9.59 Å². The molecule has 1 unspecified atom stereocenters. The lowest BCUT2D eigenvalue weighted by atomic mass is 10.1. The monoisotopic (exact) mass is 668 g/mol. The Morgan fingerprint density at radius 2 is 1.59 bits per heavy atom. The summed E-state index contributed by atoms with van der Waals surface area (Å²) in [6.45, 7) is 1.81. The highest BCUT2D eigenvalue weighted by Gasteiger charge is 2.19. The second-order valence-corrected chi connectivity index (χ2v) is 12.5. The van der Waals surface area contributed by atoms with Gasteiger partial charge in [0.15, 0.2) is 5.13 Å². The zero-order chi connectivity index (χ0) is 32.5. The lowest BCUT2D eigenvalue weighted by Crippen LogP contribution is -2.30. The van der Waals surface area contributed by atoms with Crippen molar-refractivity contribution < 1.29 is 19.1 Å². The summed E-state index contributed by atoms with van der Waals surface area (Å²) < 4.78 is 5.42. The standard InChI is InChI=1S/C35H29ClN4O4S2/c1-22(32(41)40-35-39-30(21-45-35)27-13-7-8-14-28(27)36)46-26-18-16-25(17-19-26)37-34(43)29(20-24-12-6-9-15-31(24)44-2)38-33(42)23-10-4-3-5-11-23/h3-22H,1-2H3,(H,37,43)(H,38,42)(H,39,40,41)/b29-20-. The largest absolute Gasteiger partial charge is 0.496 e. The number of methoxy groups -OCH3 is 1. The molecule has 5 rings (SSSR count). The number of amides is 3. The Bertz CT molecular complexity index is 1880. The molecule has 8 nitrogen and oxygen atoms in total. The number of carbonyl (C=O) groups is 3. The molecule has 232 valence electrons. The number of benzene rings is 4. The highest BCUT2D eigenvalue weighted by molar-refractivity contribution is 8.00. The van der Waals surface area contributed by atoms with Gasteiger partial charge < -0.3 is 20.7 Å². The van der Waals surface area contributed by atoms with Crippen molar-refractivity contribution >= 4 is 69.3 Å². The fourth-order valence-electron chi connectivity index (χ4n) is 4.29. The number of thiazole rings is 1. The molecule has 11 heteroatoms. The Hall–Kier alpha value is -4.90. The van der Waals surface area contributed by atoms with E-state index in [1.165, 1.54) is 30.2 Å². The number of hydrogen-bond donors (Lipinski definition) is 3. The van der Waals surface area contributed by atoms with Gasteiger partial charge in [0, 0.05) is 37.7 Å². The summed E-state index contributed by atoms with van der Waals surface area (Å²) >= 11 is 8.98. The lowest BCUT2D eigenvalue weighted by molar-refractivity contribution is -0.115. The second-order valence-electron chi connectivity index (χ2n) is 9.87. The summed E-state index contributed by atoms with van der Waals surface area (Å²) in [5.74, 6) is -0.573. The molecule has 0 spiro atoms. The van der Waals surface area contributed by atoms with Gasteiger partial charge in [-0.3, -0.25) is 14.4 Å². The van der Waals surface area contributed by atoms with Crippen LogP contribution in [0.5, 0.6) is 5.75 Å². The molecule has 0 saturated carbocycles. The number of ether oxygens (including phenoxy) is 1. The van der Waals surface area contributed by atoms with Gasteiger partial charge in [-0.15, -0.1) is 23.1 Å². The molecule has 0 aliphatic carbocycles. The van der Waals surface area contributed by atoms with Crippen LogP contribution in [0.15, 0.2) is 119 Å². The van der Waals surface area contributed by atoms with Gasteiger partial charge in [0.05, 0.1) is 18.1 Å². The van der Waals surface area contributed by atoms with E-state index in [1.54, 1.807) is 60.7 Å². The van der Waals surface area contributed by atoms with Crippen LogP contribution in [0.3, 0.4) is 0 Å². The van der Waals surface area contributed by atoms with Crippen LogP contribution >= 0.6 is 34.7 Å². The molecular weight excluding hydrogens is 640 g/mol. The molecular formula is C35H29ClN4O4S2. The molecule has 0 saturated heterocycles. The predicted octanol–water partition coefficient (Wildman–Crippen LogP) is 8.00. The van der Waals surface area contributed by atoms with Crippen LogP contribution in [0.2, 0.25) is 5.02 Å². The summed E-state index contributed by atoms with van der Waals surface area (Å²) in [4.78, 5) is 44.6. The molecule has 1 atom stereocenters. The van der Waals surface area contributed by atoms with Crippen molar-refractivity contribution in [2.75, 3.05) is 17.7 Å². The summed E-state index contributed by atoms with van der Waals surface area (Å²) in [5.41, 5.74) is 3.10. The molecule has 1 aromatic heterocycles. The molecule has 0 aliphatic rings. The molecule has 4 aromatic carbocycles. The number of aromatic nitrogens is 1. The Kier molecular flexibility index (Phi) is 10.9. The minimum Gasteiger partial charge on any atom is -0.496 e. The number of para-hydroxylation sites is 1. The SMILES string of the molecule is COc1ccccc1/C=C(\NC(=O)c1ccccc1)C(=O)Nc1ccc(SC(C)C(=O)Nc2nc(-c3ccccc3Cl)cs2)cc1. The molecule has 5 aromatic rings. The maximum atomic E-state index is 13.4. The highest BCUT2D eigenvalue weighted by Crippen LogP contribution is 2.31. The van der Waals surface area contributed by atoms with Crippen LogP contribution in [0.4, 0.5) is 10.8 Å². The molecule has 0 radical (unpaired) electrons. The first-order chi connectivity index (χ1) is 22.3. The Morgan fingerprint density at radius 1 is 0.891 bits per heavy atom. The zero-order valence-electron chi connectivity index (χ0n) is 24.8. The van der Waals surface area contributed by atoms with Crippen molar-refractivity contribution in [3.63, 3.8) is 0 Å². The van der Waals surface area contributed by atoms with Crippen molar-refractivity contribution in [1.82, 2.24) is 10.3 Å². The minimum absolute atomic E-state index is 0.0435. The first kappa shape index (κ1) is 32.5. The third kappa shape index (κ3) is 8.42. The lowest BCUT2D eigenvalue weighted by Gasteiger charge is -2.13. The molecule has 46 heavy (non-hydrogen) atoms. The smallest absolute Gasteiger partial charge is 0.272 e. The van der Waals surface area contributed by atoms with E-state index in [0.717, 1.165) is 10.5 Å². The van der Waals surface area contributed by atoms with Crippen LogP contribution < -0.4 is 20.7 Å². The van der Waals surface area contributed by atoms with E-state index in [4.69, 9.17) is 16.3 Å². The van der Waals surface area contributed by atoms with E-state index in [2.05, 4.69) is 20.9 Å². The summed E-state index contributed by atoms with van der Waals surface area (Å²) in [6, 6.07) is 30.4. The number of anilines is 2. The normalized spacial score (nSPS) is 11.8. The average molecular weight is 669 g/mol. The summed E-state index contributed by atoms with van der Waals surface area (Å²) in [5, 5.41) is 11.0. The molecule has 3 amide bonds. The van der Waals surface area contributed by atoms with Gasteiger partial charge in [0.1, 0.15) is 11.4 Å². The molecule has 3 N–H and O–H groups in total. The molecule has 1 heterocycles. The molecule has 0 fully saturated rings. The summed E-state index contributed by atoms with van der Waals surface area (Å²) in [7, 11) is 1.54. The zero-order valence-corrected chi connectivity index (χ0v) is 27.2. The average Bonchev–Trinajstić information content (AvgIpc) is 3.54. The number of thioether (sulfide) groups is 1. The van der Waals surface area contributed by atoms with Crippen LogP contribution in [-0.4, -0.2) is 35.1 Å². The Labute approximate surface area is 279 Å². The fourth-order valence-corrected chi connectivity index (χ4v) is 6.10. The first-order valence-corrected chi connectivity index (χ1v) is 16.2.